The highest BCUT2D eigenvalue weighted by Gasteiger charge is 2.26. The van der Waals surface area contributed by atoms with Gasteiger partial charge in [0, 0.05) is 24.5 Å². The van der Waals surface area contributed by atoms with E-state index in [2.05, 4.69) is 56.2 Å². The highest BCUT2D eigenvalue weighted by Crippen LogP contribution is 2.32. The summed E-state index contributed by atoms with van der Waals surface area (Å²) in [5.41, 5.74) is 4.32. The Morgan fingerprint density at radius 1 is 1.00 bits per heavy atom. The molecule has 0 fully saturated rings. The standard InChI is InChI=1S/C20H21N5OS/c1-14-3-7-16(8-4-14)21-18(26)13-27-20-23-22-19-24(11-12-25(19)20)17-9-5-15(2)6-10-17/h3-10H,11-13H2,1-2H3,(H,21,26). The Balaban J connectivity index is 1.40. The van der Waals surface area contributed by atoms with E-state index in [4.69, 9.17) is 0 Å². The fraction of sp³-hybridized carbons (Fsp3) is 0.250. The minimum absolute atomic E-state index is 0.0467. The van der Waals surface area contributed by atoms with Crippen LogP contribution in [0.1, 0.15) is 11.1 Å². The first kappa shape index (κ1) is 17.6. The number of aryl methyl sites for hydroxylation is 2. The molecule has 2 aromatic carbocycles. The van der Waals surface area contributed by atoms with Crippen molar-refractivity contribution in [3.8, 4) is 0 Å². The Labute approximate surface area is 162 Å². The maximum absolute atomic E-state index is 12.2. The van der Waals surface area contributed by atoms with Gasteiger partial charge in [0.05, 0.1) is 5.75 Å². The average molecular weight is 379 g/mol. The van der Waals surface area contributed by atoms with Crippen LogP contribution in [0, 0.1) is 13.8 Å². The van der Waals surface area contributed by atoms with E-state index < -0.39 is 0 Å². The highest BCUT2D eigenvalue weighted by atomic mass is 32.2. The van der Waals surface area contributed by atoms with Crippen molar-refractivity contribution in [3.63, 3.8) is 0 Å². The summed E-state index contributed by atoms with van der Waals surface area (Å²) in [5, 5.41) is 12.3. The molecular formula is C20H21N5OS. The van der Waals surface area contributed by atoms with Gasteiger partial charge in [0.25, 0.3) is 0 Å². The van der Waals surface area contributed by atoms with Crippen LogP contribution in [0.5, 0.6) is 0 Å². The molecule has 0 aliphatic carbocycles. The lowest BCUT2D eigenvalue weighted by Gasteiger charge is -2.15. The second-order valence-corrected chi connectivity index (χ2v) is 7.57. The van der Waals surface area contributed by atoms with Gasteiger partial charge in [0.2, 0.25) is 11.9 Å². The van der Waals surface area contributed by atoms with Crippen LogP contribution in [0.4, 0.5) is 17.3 Å². The van der Waals surface area contributed by atoms with Gasteiger partial charge in [-0.3, -0.25) is 9.36 Å². The van der Waals surface area contributed by atoms with Crippen LogP contribution in [0.25, 0.3) is 0 Å². The van der Waals surface area contributed by atoms with E-state index in [1.54, 1.807) is 0 Å². The number of carbonyl (C=O) groups excluding carboxylic acids is 1. The number of hydrogen-bond donors (Lipinski definition) is 1. The van der Waals surface area contributed by atoms with Crippen molar-refractivity contribution in [2.75, 3.05) is 22.5 Å². The van der Waals surface area contributed by atoms with Crippen LogP contribution in [-0.2, 0) is 11.3 Å². The van der Waals surface area contributed by atoms with Crippen molar-refractivity contribution < 1.29 is 4.79 Å². The van der Waals surface area contributed by atoms with Gasteiger partial charge >= 0.3 is 0 Å². The fourth-order valence-corrected chi connectivity index (χ4v) is 3.78. The largest absolute Gasteiger partial charge is 0.325 e. The van der Waals surface area contributed by atoms with E-state index in [-0.39, 0.29) is 5.91 Å². The molecule has 0 spiro atoms. The van der Waals surface area contributed by atoms with E-state index >= 15 is 0 Å². The molecule has 1 N–H and O–H groups in total. The number of anilines is 3. The number of nitrogens with one attached hydrogen (secondary N) is 1. The molecule has 138 valence electrons. The summed E-state index contributed by atoms with van der Waals surface area (Å²) in [5.74, 6) is 1.09. The van der Waals surface area contributed by atoms with Gasteiger partial charge in [-0.05, 0) is 38.1 Å². The van der Waals surface area contributed by atoms with Crippen molar-refractivity contribution >= 4 is 35.0 Å². The van der Waals surface area contributed by atoms with E-state index in [1.165, 1.54) is 22.9 Å². The number of fused-ring (bicyclic) bond motifs is 1. The molecule has 0 saturated heterocycles. The summed E-state index contributed by atoms with van der Waals surface area (Å²) in [6.45, 7) is 5.77. The molecule has 7 heteroatoms. The second-order valence-electron chi connectivity index (χ2n) is 6.62. The van der Waals surface area contributed by atoms with Crippen molar-refractivity contribution in [1.29, 1.82) is 0 Å². The molecule has 0 unspecified atom stereocenters. The topological polar surface area (TPSA) is 63.1 Å². The van der Waals surface area contributed by atoms with Gasteiger partial charge in [-0.15, -0.1) is 10.2 Å². The third-order valence-electron chi connectivity index (χ3n) is 4.50. The predicted octanol–water partition coefficient (Wildman–Crippen LogP) is 3.78. The molecule has 0 bridgehead atoms. The van der Waals surface area contributed by atoms with Crippen LogP contribution >= 0.6 is 11.8 Å². The number of carbonyl (C=O) groups is 1. The number of aromatic nitrogens is 3. The fourth-order valence-electron chi connectivity index (χ4n) is 3.02. The van der Waals surface area contributed by atoms with Crippen molar-refractivity contribution in [2.45, 2.75) is 25.5 Å². The lowest BCUT2D eigenvalue weighted by molar-refractivity contribution is -0.113. The Morgan fingerprint density at radius 2 is 1.67 bits per heavy atom. The van der Waals surface area contributed by atoms with E-state index in [0.717, 1.165) is 35.6 Å². The third kappa shape index (κ3) is 3.83. The van der Waals surface area contributed by atoms with Gasteiger partial charge in [-0.25, -0.2) is 0 Å². The summed E-state index contributed by atoms with van der Waals surface area (Å²) >= 11 is 1.41. The van der Waals surface area contributed by atoms with Crippen molar-refractivity contribution in [2.24, 2.45) is 0 Å². The minimum Gasteiger partial charge on any atom is -0.325 e. The number of hydrogen-bond acceptors (Lipinski definition) is 5. The normalized spacial score (nSPS) is 12.9. The zero-order valence-electron chi connectivity index (χ0n) is 15.3. The zero-order valence-corrected chi connectivity index (χ0v) is 16.2. The first-order valence-electron chi connectivity index (χ1n) is 8.87. The van der Waals surface area contributed by atoms with Gasteiger partial charge in [0.1, 0.15) is 0 Å². The zero-order chi connectivity index (χ0) is 18.8. The summed E-state index contributed by atoms with van der Waals surface area (Å²) < 4.78 is 2.07. The van der Waals surface area contributed by atoms with Crippen LogP contribution in [0.2, 0.25) is 0 Å². The van der Waals surface area contributed by atoms with Crippen LogP contribution < -0.4 is 10.2 Å². The monoisotopic (exact) mass is 379 g/mol. The molecule has 0 radical (unpaired) electrons. The molecular weight excluding hydrogens is 358 g/mol. The van der Waals surface area contributed by atoms with Crippen LogP contribution in [-0.4, -0.2) is 33.0 Å². The predicted molar refractivity (Wildman–Crippen MR) is 109 cm³/mol. The molecule has 0 atom stereocenters. The van der Waals surface area contributed by atoms with Crippen LogP contribution in [0.3, 0.4) is 0 Å². The average Bonchev–Trinajstić information content (AvgIpc) is 3.25. The number of amides is 1. The lowest BCUT2D eigenvalue weighted by Crippen LogP contribution is -2.14. The summed E-state index contributed by atoms with van der Waals surface area (Å²) in [6.07, 6.45) is 0. The third-order valence-corrected chi connectivity index (χ3v) is 5.47. The van der Waals surface area contributed by atoms with Crippen molar-refractivity contribution in [1.82, 2.24) is 14.8 Å². The second kappa shape index (κ2) is 7.44. The molecule has 6 nitrogen and oxygen atoms in total. The number of thioether (sulfide) groups is 1. The molecule has 1 aliphatic heterocycles. The highest BCUT2D eigenvalue weighted by molar-refractivity contribution is 7.99. The maximum Gasteiger partial charge on any atom is 0.234 e. The smallest absolute Gasteiger partial charge is 0.234 e. The molecule has 1 aromatic heterocycles. The summed E-state index contributed by atoms with van der Waals surface area (Å²) in [4.78, 5) is 14.4. The molecule has 1 amide bonds. The van der Waals surface area contributed by atoms with Crippen LogP contribution in [0.15, 0.2) is 53.7 Å². The van der Waals surface area contributed by atoms with Gasteiger partial charge in [-0.2, -0.15) is 0 Å². The first-order chi connectivity index (χ1) is 13.1. The number of benzene rings is 2. The number of nitrogens with zero attached hydrogens (tertiary/aromatic N) is 4. The Kier molecular flexibility index (Phi) is 4.85. The van der Waals surface area contributed by atoms with Crippen molar-refractivity contribution in [3.05, 3.63) is 59.7 Å². The Bertz CT molecular complexity index is 950. The van der Waals surface area contributed by atoms with Gasteiger partial charge < -0.3 is 10.2 Å². The SMILES string of the molecule is Cc1ccc(NC(=O)CSc2nnc3n2CCN3c2ccc(C)cc2)cc1. The Morgan fingerprint density at radius 3 is 2.37 bits per heavy atom. The molecule has 1 aliphatic rings. The molecule has 3 aromatic rings. The lowest BCUT2D eigenvalue weighted by atomic mass is 10.2. The quantitative estimate of drug-likeness (QED) is 0.684. The summed E-state index contributed by atoms with van der Waals surface area (Å²) in [7, 11) is 0. The van der Waals surface area contributed by atoms with Gasteiger partial charge in [0.15, 0.2) is 5.16 Å². The molecule has 2 heterocycles. The molecule has 0 saturated carbocycles. The maximum atomic E-state index is 12.2. The minimum atomic E-state index is -0.0467. The number of rotatable bonds is 5. The van der Waals surface area contributed by atoms with E-state index in [0.29, 0.717) is 5.75 Å². The Hall–Kier alpha value is -2.80. The van der Waals surface area contributed by atoms with Gasteiger partial charge in [-0.1, -0.05) is 47.2 Å². The van der Waals surface area contributed by atoms with E-state index in [9.17, 15) is 4.79 Å². The van der Waals surface area contributed by atoms with E-state index in [1.807, 2.05) is 31.2 Å². The summed E-state index contributed by atoms with van der Waals surface area (Å²) in [6, 6.07) is 16.2. The molecule has 27 heavy (non-hydrogen) atoms. The first-order valence-corrected chi connectivity index (χ1v) is 9.85. The molecule has 4 rings (SSSR count).